The van der Waals surface area contributed by atoms with E-state index >= 15 is 0 Å². The van der Waals surface area contributed by atoms with Crippen LogP contribution in [0.3, 0.4) is 0 Å². The van der Waals surface area contributed by atoms with E-state index in [1.807, 2.05) is 18.7 Å². The van der Waals surface area contributed by atoms with E-state index < -0.39 is 0 Å². The molecule has 4 heterocycles. The van der Waals surface area contributed by atoms with Gasteiger partial charge in [0.1, 0.15) is 0 Å². The summed E-state index contributed by atoms with van der Waals surface area (Å²) in [6.07, 6.45) is 8.10. The van der Waals surface area contributed by atoms with Crippen molar-refractivity contribution in [1.82, 2.24) is 30.0 Å². The van der Waals surface area contributed by atoms with Crippen molar-refractivity contribution in [3.05, 3.63) is 35.6 Å². The highest BCUT2D eigenvalue weighted by molar-refractivity contribution is 5.77. The molecule has 0 aliphatic carbocycles. The van der Waals surface area contributed by atoms with Gasteiger partial charge in [-0.3, -0.25) is 19.7 Å². The Kier molecular flexibility index (Phi) is 5.39. The van der Waals surface area contributed by atoms with Crippen molar-refractivity contribution in [2.45, 2.75) is 59.0 Å². The second-order valence-corrected chi connectivity index (χ2v) is 8.12. The standard InChI is InChI=1S/C20H28N6O2/c1-3-17-23-24-18(28-17)13-25-8-6-20(7-9-25)5-4-19(27)26(14-20)12-16-11-21-15(2)10-22-16/h10-11H,3-9,12-14H2,1-2H3. The van der Waals surface area contributed by atoms with Crippen LogP contribution in [-0.4, -0.2) is 55.5 Å². The molecule has 2 aromatic rings. The molecule has 2 aliphatic rings. The zero-order valence-corrected chi connectivity index (χ0v) is 16.7. The van der Waals surface area contributed by atoms with E-state index in [1.54, 1.807) is 12.4 Å². The Hall–Kier alpha value is -2.35. The predicted octanol–water partition coefficient (Wildman–Crippen LogP) is 2.14. The second kappa shape index (κ2) is 7.95. The number of amides is 1. The van der Waals surface area contributed by atoms with Crippen molar-refractivity contribution < 1.29 is 9.21 Å². The van der Waals surface area contributed by atoms with E-state index in [0.717, 1.165) is 56.7 Å². The van der Waals surface area contributed by atoms with E-state index in [4.69, 9.17) is 4.42 Å². The maximum absolute atomic E-state index is 12.5. The number of nitrogens with zero attached hydrogens (tertiary/aromatic N) is 6. The first kappa shape index (κ1) is 19.0. The van der Waals surface area contributed by atoms with Crippen molar-refractivity contribution in [1.29, 1.82) is 0 Å². The predicted molar refractivity (Wildman–Crippen MR) is 102 cm³/mol. The van der Waals surface area contributed by atoms with E-state index in [9.17, 15) is 4.79 Å². The highest BCUT2D eigenvalue weighted by atomic mass is 16.4. The van der Waals surface area contributed by atoms with Gasteiger partial charge in [0.2, 0.25) is 17.7 Å². The van der Waals surface area contributed by atoms with Crippen LogP contribution in [0.25, 0.3) is 0 Å². The minimum atomic E-state index is 0.214. The van der Waals surface area contributed by atoms with Crippen molar-refractivity contribution >= 4 is 5.91 Å². The van der Waals surface area contributed by atoms with E-state index in [1.165, 1.54) is 0 Å². The normalized spacial score (nSPS) is 20.1. The summed E-state index contributed by atoms with van der Waals surface area (Å²) in [6, 6.07) is 0. The van der Waals surface area contributed by atoms with E-state index in [2.05, 4.69) is 25.1 Å². The number of hydrogen-bond acceptors (Lipinski definition) is 7. The molecule has 0 N–H and O–H groups in total. The number of hydrogen-bond donors (Lipinski definition) is 0. The van der Waals surface area contributed by atoms with Crippen LogP contribution in [0.4, 0.5) is 0 Å². The van der Waals surface area contributed by atoms with Gasteiger partial charge in [-0.1, -0.05) is 6.92 Å². The van der Waals surface area contributed by atoms with Gasteiger partial charge in [-0.25, -0.2) is 0 Å². The van der Waals surface area contributed by atoms with Gasteiger partial charge < -0.3 is 9.32 Å². The smallest absolute Gasteiger partial charge is 0.230 e. The average molecular weight is 384 g/mol. The Morgan fingerprint density at radius 3 is 2.54 bits per heavy atom. The Morgan fingerprint density at radius 2 is 1.86 bits per heavy atom. The third-order valence-corrected chi connectivity index (χ3v) is 6.02. The molecule has 0 radical (unpaired) electrons. The third kappa shape index (κ3) is 4.22. The first-order chi connectivity index (χ1) is 13.5. The minimum absolute atomic E-state index is 0.214. The Labute approximate surface area is 165 Å². The number of aryl methyl sites for hydroxylation is 2. The molecule has 0 bridgehead atoms. The molecule has 2 saturated heterocycles. The van der Waals surface area contributed by atoms with Gasteiger partial charge in [-0.05, 0) is 44.7 Å². The summed E-state index contributed by atoms with van der Waals surface area (Å²) in [6.45, 7) is 8.01. The van der Waals surface area contributed by atoms with Gasteiger partial charge in [0.05, 0.1) is 30.7 Å². The van der Waals surface area contributed by atoms with Crippen molar-refractivity contribution in [2.24, 2.45) is 5.41 Å². The van der Waals surface area contributed by atoms with Crippen LogP contribution in [0.2, 0.25) is 0 Å². The van der Waals surface area contributed by atoms with Gasteiger partial charge in [-0.2, -0.15) is 0 Å². The molecule has 8 heteroatoms. The van der Waals surface area contributed by atoms with Crippen molar-refractivity contribution in [3.8, 4) is 0 Å². The molecule has 150 valence electrons. The maximum atomic E-state index is 12.5. The molecule has 0 aromatic carbocycles. The lowest BCUT2D eigenvalue weighted by Gasteiger charge is -2.47. The number of carbonyl (C=O) groups is 1. The number of carbonyl (C=O) groups excluding carboxylic acids is 1. The lowest BCUT2D eigenvalue weighted by Crippen LogP contribution is -2.51. The molecule has 2 aromatic heterocycles. The molecule has 0 saturated carbocycles. The first-order valence-electron chi connectivity index (χ1n) is 10.1. The lowest BCUT2D eigenvalue weighted by atomic mass is 9.72. The zero-order chi connectivity index (χ0) is 19.6. The van der Waals surface area contributed by atoms with E-state index in [0.29, 0.717) is 31.3 Å². The molecule has 28 heavy (non-hydrogen) atoms. The molecule has 1 spiro atoms. The summed E-state index contributed by atoms with van der Waals surface area (Å²) < 4.78 is 5.65. The number of likely N-dealkylation sites (tertiary alicyclic amines) is 2. The monoisotopic (exact) mass is 384 g/mol. The van der Waals surface area contributed by atoms with Crippen LogP contribution in [0.5, 0.6) is 0 Å². The Morgan fingerprint density at radius 1 is 1.07 bits per heavy atom. The van der Waals surface area contributed by atoms with Crippen LogP contribution < -0.4 is 0 Å². The number of rotatable bonds is 5. The second-order valence-electron chi connectivity index (χ2n) is 8.12. The topological polar surface area (TPSA) is 88.3 Å². The molecule has 8 nitrogen and oxygen atoms in total. The number of piperidine rings is 2. The molecule has 2 fully saturated rings. The van der Waals surface area contributed by atoms with Crippen molar-refractivity contribution in [2.75, 3.05) is 19.6 Å². The largest absolute Gasteiger partial charge is 0.424 e. The Balaban J connectivity index is 1.34. The molecule has 0 atom stereocenters. The molecule has 0 unspecified atom stereocenters. The maximum Gasteiger partial charge on any atom is 0.230 e. The van der Waals surface area contributed by atoms with E-state index in [-0.39, 0.29) is 11.3 Å². The lowest BCUT2D eigenvalue weighted by molar-refractivity contribution is -0.140. The molecule has 1 amide bonds. The van der Waals surface area contributed by atoms with Crippen LogP contribution in [0, 0.1) is 12.3 Å². The SMILES string of the molecule is CCc1nnc(CN2CCC3(CCC(=O)N(Cc4cnc(C)cn4)C3)CC2)o1. The molecular formula is C20H28N6O2. The van der Waals surface area contributed by atoms with Crippen LogP contribution in [0.1, 0.15) is 55.8 Å². The quantitative estimate of drug-likeness (QED) is 0.780. The summed E-state index contributed by atoms with van der Waals surface area (Å²) in [4.78, 5) is 25.5. The minimum Gasteiger partial charge on any atom is -0.424 e. The van der Waals surface area contributed by atoms with Crippen LogP contribution in [-0.2, 0) is 24.3 Å². The van der Waals surface area contributed by atoms with Crippen LogP contribution >= 0.6 is 0 Å². The third-order valence-electron chi connectivity index (χ3n) is 6.02. The van der Waals surface area contributed by atoms with Crippen LogP contribution in [0.15, 0.2) is 16.8 Å². The first-order valence-corrected chi connectivity index (χ1v) is 10.1. The summed E-state index contributed by atoms with van der Waals surface area (Å²) in [7, 11) is 0. The Bertz CT molecular complexity index is 810. The summed E-state index contributed by atoms with van der Waals surface area (Å²) >= 11 is 0. The average Bonchev–Trinajstić information content (AvgIpc) is 3.16. The van der Waals surface area contributed by atoms with Gasteiger partial charge in [0, 0.05) is 25.6 Å². The highest BCUT2D eigenvalue weighted by Crippen LogP contribution is 2.40. The summed E-state index contributed by atoms with van der Waals surface area (Å²) in [5.41, 5.74) is 1.97. The number of aromatic nitrogens is 4. The fraction of sp³-hybridized carbons (Fsp3) is 0.650. The van der Waals surface area contributed by atoms with Gasteiger partial charge in [-0.15, -0.1) is 10.2 Å². The molecular weight excluding hydrogens is 356 g/mol. The van der Waals surface area contributed by atoms with Gasteiger partial charge >= 0.3 is 0 Å². The summed E-state index contributed by atoms with van der Waals surface area (Å²) in [5.74, 6) is 1.63. The molecule has 4 rings (SSSR count). The van der Waals surface area contributed by atoms with Gasteiger partial charge in [0.15, 0.2) is 0 Å². The zero-order valence-electron chi connectivity index (χ0n) is 16.7. The fourth-order valence-corrected chi connectivity index (χ4v) is 4.22. The van der Waals surface area contributed by atoms with Gasteiger partial charge in [0.25, 0.3) is 0 Å². The van der Waals surface area contributed by atoms with Crippen molar-refractivity contribution in [3.63, 3.8) is 0 Å². The highest BCUT2D eigenvalue weighted by Gasteiger charge is 2.41. The fourth-order valence-electron chi connectivity index (χ4n) is 4.22. The summed E-state index contributed by atoms with van der Waals surface area (Å²) in [5, 5.41) is 8.18. The molecule has 2 aliphatic heterocycles.